The van der Waals surface area contributed by atoms with Crippen LogP contribution in [-0.2, 0) is 4.74 Å². The lowest BCUT2D eigenvalue weighted by molar-refractivity contribution is 0.0595. The van der Waals surface area contributed by atoms with Crippen LogP contribution in [0.1, 0.15) is 12.8 Å². The molecule has 1 aliphatic rings. The summed E-state index contributed by atoms with van der Waals surface area (Å²) in [6, 6.07) is 6.21. The molecule has 0 amide bonds. The van der Waals surface area contributed by atoms with Crippen molar-refractivity contribution in [3.8, 4) is 0 Å². The van der Waals surface area contributed by atoms with Crippen molar-refractivity contribution in [2.75, 3.05) is 25.1 Å². The molecule has 1 aromatic heterocycles. The Balaban J connectivity index is 1.67. The van der Waals surface area contributed by atoms with Gasteiger partial charge in [0.2, 0.25) is 0 Å². The van der Waals surface area contributed by atoms with E-state index in [1.165, 1.54) is 17.5 Å². The topological polar surface area (TPSA) is 34.1 Å². The van der Waals surface area contributed by atoms with Gasteiger partial charge in [-0.1, -0.05) is 27.3 Å². The molecule has 1 atom stereocenters. The van der Waals surface area contributed by atoms with E-state index >= 15 is 0 Å². The predicted molar refractivity (Wildman–Crippen MR) is 79.4 cm³/mol. The highest BCUT2D eigenvalue weighted by molar-refractivity contribution is 9.10. The fraction of sp³-hybridized carbons (Fsp3) is 0.462. The molecule has 1 fully saturated rings. The minimum atomic E-state index is 0.623. The molecular formula is C13H15BrN2OS. The highest BCUT2D eigenvalue weighted by Gasteiger charge is 2.14. The number of ether oxygens (including phenoxy) is 1. The smallest absolute Gasteiger partial charge is 0.183 e. The van der Waals surface area contributed by atoms with E-state index in [9.17, 15) is 0 Å². The van der Waals surface area contributed by atoms with Gasteiger partial charge in [0.1, 0.15) is 0 Å². The quantitative estimate of drug-likeness (QED) is 0.928. The normalized spacial score (nSPS) is 20.2. The monoisotopic (exact) mass is 326 g/mol. The number of nitrogens with zero attached hydrogens (tertiary/aromatic N) is 1. The second-order valence-electron chi connectivity index (χ2n) is 4.60. The van der Waals surface area contributed by atoms with E-state index in [1.54, 1.807) is 11.3 Å². The van der Waals surface area contributed by atoms with Gasteiger partial charge in [-0.25, -0.2) is 4.98 Å². The minimum Gasteiger partial charge on any atom is -0.381 e. The third-order valence-corrected chi connectivity index (χ3v) is 4.63. The Morgan fingerprint density at radius 2 is 2.44 bits per heavy atom. The molecule has 0 saturated carbocycles. The molecule has 2 heterocycles. The van der Waals surface area contributed by atoms with Gasteiger partial charge in [0.15, 0.2) is 5.13 Å². The van der Waals surface area contributed by atoms with Crippen LogP contribution in [0.4, 0.5) is 5.13 Å². The zero-order valence-corrected chi connectivity index (χ0v) is 12.4. The first kappa shape index (κ1) is 12.4. The standard InChI is InChI=1S/C13H15BrN2OS/c14-10-3-4-12-11(6-10)16-13(18-12)15-7-9-2-1-5-17-8-9/h3-4,6,9H,1-2,5,7-8H2,(H,15,16). The van der Waals surface area contributed by atoms with Crippen LogP contribution in [0.25, 0.3) is 10.2 Å². The van der Waals surface area contributed by atoms with Gasteiger partial charge in [0, 0.05) is 17.6 Å². The maximum absolute atomic E-state index is 5.48. The van der Waals surface area contributed by atoms with Crippen molar-refractivity contribution >= 4 is 42.6 Å². The molecule has 3 nitrogen and oxygen atoms in total. The summed E-state index contributed by atoms with van der Waals surface area (Å²) in [7, 11) is 0. The van der Waals surface area contributed by atoms with E-state index in [4.69, 9.17) is 4.74 Å². The Bertz CT molecular complexity index is 537. The van der Waals surface area contributed by atoms with Crippen LogP contribution in [0, 0.1) is 5.92 Å². The van der Waals surface area contributed by atoms with Crippen molar-refractivity contribution in [2.45, 2.75) is 12.8 Å². The molecule has 1 N–H and O–H groups in total. The summed E-state index contributed by atoms with van der Waals surface area (Å²) in [4.78, 5) is 4.59. The number of thiazole rings is 1. The van der Waals surface area contributed by atoms with Crippen molar-refractivity contribution < 1.29 is 4.74 Å². The van der Waals surface area contributed by atoms with Crippen molar-refractivity contribution in [2.24, 2.45) is 5.92 Å². The fourth-order valence-electron chi connectivity index (χ4n) is 2.18. The fourth-order valence-corrected chi connectivity index (χ4v) is 3.38. The van der Waals surface area contributed by atoms with Gasteiger partial charge in [-0.05, 0) is 37.0 Å². The van der Waals surface area contributed by atoms with E-state index in [2.05, 4.69) is 44.4 Å². The molecular weight excluding hydrogens is 312 g/mol. The van der Waals surface area contributed by atoms with Gasteiger partial charge in [-0.15, -0.1) is 0 Å². The first-order chi connectivity index (χ1) is 8.81. The van der Waals surface area contributed by atoms with E-state index in [0.717, 1.165) is 34.9 Å². The molecule has 96 valence electrons. The van der Waals surface area contributed by atoms with Gasteiger partial charge in [0.25, 0.3) is 0 Å². The second-order valence-corrected chi connectivity index (χ2v) is 6.54. The number of halogens is 1. The summed E-state index contributed by atoms with van der Waals surface area (Å²) < 4.78 is 7.78. The van der Waals surface area contributed by atoms with Crippen LogP contribution < -0.4 is 5.32 Å². The largest absolute Gasteiger partial charge is 0.381 e. The summed E-state index contributed by atoms with van der Waals surface area (Å²) in [6.07, 6.45) is 2.43. The van der Waals surface area contributed by atoms with Gasteiger partial charge in [-0.2, -0.15) is 0 Å². The molecule has 2 aromatic rings. The summed E-state index contributed by atoms with van der Waals surface area (Å²) in [5.41, 5.74) is 1.05. The van der Waals surface area contributed by atoms with Gasteiger partial charge in [-0.3, -0.25) is 0 Å². The molecule has 0 spiro atoms. The zero-order chi connectivity index (χ0) is 12.4. The van der Waals surface area contributed by atoms with Crippen LogP contribution in [0.2, 0.25) is 0 Å². The SMILES string of the molecule is Brc1ccc2sc(NCC3CCCOC3)nc2c1. The van der Waals surface area contributed by atoms with Crippen LogP contribution in [0.15, 0.2) is 22.7 Å². The molecule has 5 heteroatoms. The molecule has 18 heavy (non-hydrogen) atoms. The van der Waals surface area contributed by atoms with Crippen molar-refractivity contribution in [1.82, 2.24) is 4.98 Å². The maximum atomic E-state index is 5.48. The number of benzene rings is 1. The summed E-state index contributed by atoms with van der Waals surface area (Å²) >= 11 is 5.18. The first-order valence-corrected chi connectivity index (χ1v) is 7.80. The van der Waals surface area contributed by atoms with E-state index < -0.39 is 0 Å². The number of fused-ring (bicyclic) bond motifs is 1. The lowest BCUT2D eigenvalue weighted by atomic mass is 10.0. The molecule has 0 radical (unpaired) electrons. The summed E-state index contributed by atoms with van der Waals surface area (Å²) in [6.45, 7) is 2.76. The molecule has 0 aliphatic carbocycles. The molecule has 1 unspecified atom stereocenters. The Kier molecular flexibility index (Phi) is 3.82. The van der Waals surface area contributed by atoms with Crippen LogP contribution in [-0.4, -0.2) is 24.7 Å². The van der Waals surface area contributed by atoms with Crippen molar-refractivity contribution in [3.63, 3.8) is 0 Å². The van der Waals surface area contributed by atoms with E-state index in [0.29, 0.717) is 5.92 Å². The Morgan fingerprint density at radius 1 is 1.50 bits per heavy atom. The summed E-state index contributed by atoms with van der Waals surface area (Å²) in [5, 5.41) is 4.44. The number of rotatable bonds is 3. The van der Waals surface area contributed by atoms with E-state index in [1.807, 2.05) is 0 Å². The highest BCUT2D eigenvalue weighted by atomic mass is 79.9. The second kappa shape index (κ2) is 5.55. The molecule has 0 bridgehead atoms. The van der Waals surface area contributed by atoms with Crippen molar-refractivity contribution in [3.05, 3.63) is 22.7 Å². The summed E-state index contributed by atoms with van der Waals surface area (Å²) in [5.74, 6) is 0.623. The average Bonchev–Trinajstić information content (AvgIpc) is 2.79. The van der Waals surface area contributed by atoms with Crippen molar-refractivity contribution in [1.29, 1.82) is 0 Å². The Labute approximate surface area is 119 Å². The van der Waals surface area contributed by atoms with Gasteiger partial charge < -0.3 is 10.1 Å². The Hall–Kier alpha value is -0.650. The van der Waals surface area contributed by atoms with Crippen LogP contribution in [0.5, 0.6) is 0 Å². The molecule has 3 rings (SSSR count). The molecule has 1 aliphatic heterocycles. The number of anilines is 1. The zero-order valence-electron chi connectivity index (χ0n) is 9.99. The van der Waals surface area contributed by atoms with E-state index in [-0.39, 0.29) is 0 Å². The van der Waals surface area contributed by atoms with Crippen LogP contribution in [0.3, 0.4) is 0 Å². The Morgan fingerprint density at radius 3 is 3.28 bits per heavy atom. The molecule has 1 saturated heterocycles. The first-order valence-electron chi connectivity index (χ1n) is 6.19. The third kappa shape index (κ3) is 2.84. The maximum Gasteiger partial charge on any atom is 0.183 e. The van der Waals surface area contributed by atoms with Gasteiger partial charge in [0.05, 0.1) is 16.8 Å². The number of aromatic nitrogens is 1. The van der Waals surface area contributed by atoms with Crippen LogP contribution >= 0.6 is 27.3 Å². The lowest BCUT2D eigenvalue weighted by Gasteiger charge is -2.21. The highest BCUT2D eigenvalue weighted by Crippen LogP contribution is 2.28. The van der Waals surface area contributed by atoms with Gasteiger partial charge >= 0.3 is 0 Å². The lowest BCUT2D eigenvalue weighted by Crippen LogP contribution is -2.24. The number of hydrogen-bond donors (Lipinski definition) is 1. The minimum absolute atomic E-state index is 0.623. The average molecular weight is 327 g/mol. The third-order valence-electron chi connectivity index (χ3n) is 3.15. The molecule has 1 aromatic carbocycles. The number of hydrogen-bond acceptors (Lipinski definition) is 4. The number of nitrogens with one attached hydrogen (secondary N) is 1. The predicted octanol–water partition coefficient (Wildman–Crippen LogP) is 3.90.